The number of esters is 1. The molecule has 2 aromatic rings. The van der Waals surface area contributed by atoms with Crippen molar-refractivity contribution in [3.63, 3.8) is 0 Å². The van der Waals surface area contributed by atoms with Crippen molar-refractivity contribution in [1.82, 2.24) is 9.97 Å². The van der Waals surface area contributed by atoms with Gasteiger partial charge in [-0.1, -0.05) is 6.92 Å². The molecular weight excluding hydrogens is 278 g/mol. The molecule has 2 heterocycles. The van der Waals surface area contributed by atoms with Gasteiger partial charge in [-0.15, -0.1) is 0 Å². The molecule has 0 aliphatic heterocycles. The Hall–Kier alpha value is -2.04. The topological polar surface area (TPSA) is 58.2 Å². The lowest BCUT2D eigenvalue weighted by atomic mass is 10.1. The van der Waals surface area contributed by atoms with Crippen LogP contribution in [0.2, 0.25) is 0 Å². The largest absolute Gasteiger partial charge is 0.462 e. The summed E-state index contributed by atoms with van der Waals surface area (Å²) in [5.74, 6) is 0.438. The number of rotatable bonds is 4. The molecule has 0 amide bonds. The minimum Gasteiger partial charge on any atom is -0.462 e. The third-order valence-electron chi connectivity index (χ3n) is 4.62. The Morgan fingerprint density at radius 3 is 3.00 bits per heavy atom. The summed E-state index contributed by atoms with van der Waals surface area (Å²) in [7, 11) is 2.08. The molecule has 3 rings (SSSR count). The maximum Gasteiger partial charge on any atom is 0.341 e. The van der Waals surface area contributed by atoms with Crippen molar-refractivity contribution < 1.29 is 9.53 Å². The number of nitrogens with one attached hydrogen (secondary N) is 1. The highest BCUT2D eigenvalue weighted by atomic mass is 16.5. The number of carbonyl (C=O) groups excluding carboxylic acids is 1. The SMILES string of the molecule is CCOC(=O)c1cnc2[nH]ccc2c1N(C)[C@H]1CC[C@H](C)C1. The zero-order valence-electron chi connectivity index (χ0n) is 13.4. The smallest absolute Gasteiger partial charge is 0.341 e. The van der Waals surface area contributed by atoms with Crippen LogP contribution in [0.1, 0.15) is 43.5 Å². The first-order valence-electron chi connectivity index (χ1n) is 7.97. The molecule has 2 aromatic heterocycles. The van der Waals surface area contributed by atoms with E-state index in [0.717, 1.165) is 35.5 Å². The number of hydrogen-bond acceptors (Lipinski definition) is 4. The third-order valence-corrected chi connectivity index (χ3v) is 4.62. The van der Waals surface area contributed by atoms with Crippen molar-refractivity contribution in [2.75, 3.05) is 18.6 Å². The Balaban J connectivity index is 2.06. The maximum atomic E-state index is 12.3. The highest BCUT2D eigenvalue weighted by molar-refractivity contribution is 6.04. The predicted octanol–water partition coefficient (Wildman–Crippen LogP) is 3.36. The van der Waals surface area contributed by atoms with Crippen LogP contribution < -0.4 is 4.90 Å². The second-order valence-corrected chi connectivity index (χ2v) is 6.16. The van der Waals surface area contributed by atoms with Gasteiger partial charge in [-0.2, -0.15) is 0 Å². The minimum absolute atomic E-state index is 0.300. The number of hydrogen-bond donors (Lipinski definition) is 1. The normalized spacial score (nSPS) is 21.2. The summed E-state index contributed by atoms with van der Waals surface area (Å²) >= 11 is 0. The second-order valence-electron chi connectivity index (χ2n) is 6.16. The van der Waals surface area contributed by atoms with Crippen LogP contribution in [0.5, 0.6) is 0 Å². The molecule has 0 spiro atoms. The fraction of sp³-hybridized carbons (Fsp3) is 0.529. The van der Waals surface area contributed by atoms with E-state index in [4.69, 9.17) is 4.74 Å². The average Bonchev–Trinajstić information content (AvgIpc) is 3.14. The first kappa shape index (κ1) is 14.9. The molecule has 0 bridgehead atoms. The van der Waals surface area contributed by atoms with E-state index in [9.17, 15) is 4.79 Å². The number of carbonyl (C=O) groups is 1. The lowest BCUT2D eigenvalue weighted by Crippen LogP contribution is -2.31. The molecule has 5 heteroatoms. The lowest BCUT2D eigenvalue weighted by Gasteiger charge is -2.29. The van der Waals surface area contributed by atoms with E-state index in [-0.39, 0.29) is 5.97 Å². The van der Waals surface area contributed by atoms with Crippen LogP contribution in [0.25, 0.3) is 11.0 Å². The van der Waals surface area contributed by atoms with Crippen LogP contribution in [0.15, 0.2) is 18.5 Å². The molecule has 2 atom stereocenters. The Morgan fingerprint density at radius 1 is 1.50 bits per heavy atom. The molecule has 118 valence electrons. The number of H-pyrrole nitrogens is 1. The van der Waals surface area contributed by atoms with Crippen LogP contribution in [-0.4, -0.2) is 35.6 Å². The van der Waals surface area contributed by atoms with E-state index >= 15 is 0 Å². The van der Waals surface area contributed by atoms with Crippen molar-refractivity contribution in [3.8, 4) is 0 Å². The standard InChI is InChI=1S/C17H23N3O2/c1-4-22-17(21)14-10-19-16-13(7-8-18-16)15(14)20(3)12-6-5-11(2)9-12/h7-8,10-12H,4-6,9H2,1-3H3,(H,18,19)/t11-,12-/m0/s1. The van der Waals surface area contributed by atoms with Crippen LogP contribution >= 0.6 is 0 Å². The minimum atomic E-state index is -0.300. The van der Waals surface area contributed by atoms with Gasteiger partial charge < -0.3 is 14.6 Å². The van der Waals surface area contributed by atoms with Gasteiger partial charge in [0.25, 0.3) is 0 Å². The van der Waals surface area contributed by atoms with E-state index in [2.05, 4.69) is 28.8 Å². The number of pyridine rings is 1. The van der Waals surface area contributed by atoms with Crippen LogP contribution in [0, 0.1) is 5.92 Å². The molecule has 1 saturated carbocycles. The summed E-state index contributed by atoms with van der Waals surface area (Å²) in [6, 6.07) is 2.44. The van der Waals surface area contributed by atoms with Gasteiger partial charge in [0.15, 0.2) is 0 Å². The van der Waals surface area contributed by atoms with Crippen molar-refractivity contribution in [3.05, 3.63) is 24.0 Å². The molecule has 0 radical (unpaired) electrons. The fourth-order valence-corrected chi connectivity index (χ4v) is 3.44. The third kappa shape index (κ3) is 2.56. The van der Waals surface area contributed by atoms with Gasteiger partial charge in [-0.25, -0.2) is 9.78 Å². The number of ether oxygens (including phenoxy) is 1. The lowest BCUT2D eigenvalue weighted by molar-refractivity contribution is 0.0527. The molecule has 1 N–H and O–H groups in total. The zero-order valence-corrected chi connectivity index (χ0v) is 13.4. The Labute approximate surface area is 130 Å². The van der Waals surface area contributed by atoms with Gasteiger partial charge in [0.1, 0.15) is 11.2 Å². The number of fused-ring (bicyclic) bond motifs is 1. The molecule has 1 fully saturated rings. The average molecular weight is 301 g/mol. The van der Waals surface area contributed by atoms with E-state index in [1.165, 1.54) is 6.42 Å². The van der Waals surface area contributed by atoms with Gasteiger partial charge in [0, 0.05) is 30.9 Å². The quantitative estimate of drug-likeness (QED) is 0.880. The van der Waals surface area contributed by atoms with Gasteiger partial charge in [0.05, 0.1) is 12.3 Å². The zero-order chi connectivity index (χ0) is 15.7. The van der Waals surface area contributed by atoms with Crippen LogP contribution in [0.3, 0.4) is 0 Å². The van der Waals surface area contributed by atoms with Gasteiger partial charge in [-0.05, 0) is 38.2 Å². The van der Waals surface area contributed by atoms with E-state index in [0.29, 0.717) is 18.2 Å². The first-order valence-corrected chi connectivity index (χ1v) is 7.97. The Bertz CT molecular complexity index is 680. The van der Waals surface area contributed by atoms with E-state index in [1.54, 1.807) is 6.20 Å². The van der Waals surface area contributed by atoms with E-state index in [1.807, 2.05) is 19.2 Å². The molecular formula is C17H23N3O2. The number of aromatic amines is 1. The van der Waals surface area contributed by atoms with Crippen molar-refractivity contribution in [2.45, 2.75) is 39.2 Å². The molecule has 0 aromatic carbocycles. The van der Waals surface area contributed by atoms with Gasteiger partial charge in [-0.3, -0.25) is 0 Å². The van der Waals surface area contributed by atoms with E-state index < -0.39 is 0 Å². The van der Waals surface area contributed by atoms with Gasteiger partial charge in [0.2, 0.25) is 0 Å². The summed E-state index contributed by atoms with van der Waals surface area (Å²) in [4.78, 5) is 22.0. The van der Waals surface area contributed by atoms with Crippen molar-refractivity contribution in [2.24, 2.45) is 5.92 Å². The van der Waals surface area contributed by atoms with Crippen molar-refractivity contribution >= 4 is 22.7 Å². The summed E-state index contributed by atoms with van der Waals surface area (Å²) in [5.41, 5.74) is 2.29. The van der Waals surface area contributed by atoms with Crippen molar-refractivity contribution in [1.29, 1.82) is 0 Å². The Morgan fingerprint density at radius 2 is 2.32 bits per heavy atom. The fourth-order valence-electron chi connectivity index (χ4n) is 3.44. The molecule has 22 heavy (non-hydrogen) atoms. The summed E-state index contributed by atoms with van der Waals surface area (Å²) in [6.07, 6.45) is 7.05. The number of nitrogens with zero attached hydrogens (tertiary/aromatic N) is 2. The molecule has 1 aliphatic carbocycles. The maximum absolute atomic E-state index is 12.3. The summed E-state index contributed by atoms with van der Waals surface area (Å²) in [5, 5.41) is 0.979. The monoisotopic (exact) mass is 301 g/mol. The predicted molar refractivity (Wildman–Crippen MR) is 87.3 cm³/mol. The molecule has 0 saturated heterocycles. The Kier molecular flexibility index (Phi) is 4.05. The molecule has 5 nitrogen and oxygen atoms in total. The summed E-state index contributed by atoms with van der Waals surface area (Å²) < 4.78 is 5.21. The highest BCUT2D eigenvalue weighted by Gasteiger charge is 2.29. The van der Waals surface area contributed by atoms with Gasteiger partial charge >= 0.3 is 5.97 Å². The first-order chi connectivity index (χ1) is 10.6. The number of anilines is 1. The molecule has 0 unspecified atom stereocenters. The van der Waals surface area contributed by atoms with Crippen LogP contribution in [0.4, 0.5) is 5.69 Å². The van der Waals surface area contributed by atoms with Crippen LogP contribution in [-0.2, 0) is 4.74 Å². The summed E-state index contributed by atoms with van der Waals surface area (Å²) in [6.45, 7) is 4.48. The second kappa shape index (κ2) is 5.99. The molecule has 1 aliphatic rings. The highest BCUT2D eigenvalue weighted by Crippen LogP contribution is 2.36. The number of aromatic nitrogens is 2.